The summed E-state index contributed by atoms with van der Waals surface area (Å²) in [4.78, 5) is 24.4. The van der Waals surface area contributed by atoms with Gasteiger partial charge in [-0.2, -0.15) is 4.72 Å². The summed E-state index contributed by atoms with van der Waals surface area (Å²) < 4.78 is 32.5. The van der Waals surface area contributed by atoms with Crippen molar-refractivity contribution in [1.29, 1.82) is 0 Å². The zero-order valence-electron chi connectivity index (χ0n) is 13.9. The number of carbonyl (C=O) groups is 2. The third kappa shape index (κ3) is 6.09. The van der Waals surface area contributed by atoms with Gasteiger partial charge < -0.3 is 9.84 Å². The quantitative estimate of drug-likeness (QED) is 0.429. The fourth-order valence-electron chi connectivity index (χ4n) is 1.95. The van der Waals surface area contributed by atoms with Crippen LogP contribution in [0.3, 0.4) is 0 Å². The minimum absolute atomic E-state index is 0.134. The summed E-state index contributed by atoms with van der Waals surface area (Å²) in [6.07, 6.45) is -1.38. The van der Waals surface area contributed by atoms with Gasteiger partial charge in [0.25, 0.3) is 0 Å². The van der Waals surface area contributed by atoms with Crippen molar-refractivity contribution in [3.63, 3.8) is 0 Å². The molecule has 0 saturated carbocycles. The smallest absolute Gasteiger partial charge is 0.327 e. The molecule has 0 amide bonds. The summed E-state index contributed by atoms with van der Waals surface area (Å²) in [5.41, 5.74) is 0. The van der Waals surface area contributed by atoms with E-state index >= 15 is 0 Å². The predicted octanol–water partition coefficient (Wildman–Crippen LogP) is 2.62. The number of ether oxygens (including phenoxy) is 1. The Hall–Kier alpha value is -1.30. The number of esters is 1. The number of aliphatic hydroxyl groups is 1. The van der Waals surface area contributed by atoms with Crippen molar-refractivity contribution in [2.75, 3.05) is 6.61 Å². The van der Waals surface area contributed by atoms with Crippen LogP contribution in [0.1, 0.15) is 16.6 Å². The van der Waals surface area contributed by atoms with Crippen LogP contribution >= 0.6 is 38.9 Å². The molecular weight excluding hydrogens is 482 g/mol. The van der Waals surface area contributed by atoms with Crippen LogP contribution in [-0.2, 0) is 19.6 Å². The van der Waals surface area contributed by atoms with Gasteiger partial charge in [0.1, 0.15) is 6.04 Å². The lowest BCUT2D eigenvalue weighted by atomic mass is 10.2. The average Bonchev–Trinajstić information content (AvgIpc) is 3.04. The first-order valence-corrected chi connectivity index (χ1v) is 11.0. The van der Waals surface area contributed by atoms with Crippen LogP contribution in [0.5, 0.6) is 0 Å². The SMILES string of the molecule is C[C@H](O)[C@@H](NS(=O)(=O)c1ccc(Cl)cc1)C(=O)OCC(=O)c1ccc(Br)s1. The Balaban J connectivity index is 2.06. The fourth-order valence-corrected chi connectivity index (χ4v) is 4.65. The Labute approximate surface area is 173 Å². The number of carbonyl (C=O) groups excluding carboxylic acids is 2. The van der Waals surface area contributed by atoms with Crippen molar-refractivity contribution in [3.05, 3.63) is 50.1 Å². The molecule has 1 heterocycles. The van der Waals surface area contributed by atoms with Gasteiger partial charge in [0.05, 0.1) is 19.7 Å². The molecule has 146 valence electrons. The molecule has 1 aromatic heterocycles. The number of aliphatic hydroxyl groups excluding tert-OH is 1. The second-order valence-electron chi connectivity index (χ2n) is 5.43. The normalized spacial score (nSPS) is 13.8. The van der Waals surface area contributed by atoms with Gasteiger partial charge in [0.15, 0.2) is 6.61 Å². The second-order valence-corrected chi connectivity index (χ2v) is 10.0. The van der Waals surface area contributed by atoms with Crippen molar-refractivity contribution >= 4 is 60.6 Å². The second kappa shape index (κ2) is 9.26. The van der Waals surface area contributed by atoms with Crippen molar-refractivity contribution < 1.29 is 27.9 Å². The van der Waals surface area contributed by atoms with Crippen LogP contribution in [0, 0.1) is 0 Å². The number of hydrogen-bond donors (Lipinski definition) is 2. The highest BCUT2D eigenvalue weighted by atomic mass is 79.9. The first-order valence-electron chi connectivity index (χ1n) is 7.51. The lowest BCUT2D eigenvalue weighted by Gasteiger charge is -2.19. The van der Waals surface area contributed by atoms with E-state index in [2.05, 4.69) is 20.7 Å². The number of rotatable bonds is 8. The molecule has 0 radical (unpaired) electrons. The van der Waals surface area contributed by atoms with Crippen molar-refractivity contribution in [3.8, 4) is 0 Å². The molecule has 0 aliphatic heterocycles. The number of ketones is 1. The molecule has 0 spiro atoms. The Morgan fingerprint density at radius 3 is 2.41 bits per heavy atom. The van der Waals surface area contributed by atoms with Crippen LogP contribution in [0.15, 0.2) is 45.1 Å². The van der Waals surface area contributed by atoms with Crippen LogP contribution < -0.4 is 4.72 Å². The average molecular weight is 497 g/mol. The number of halogens is 2. The highest BCUT2D eigenvalue weighted by Gasteiger charge is 2.31. The Kier molecular flexibility index (Phi) is 7.55. The molecule has 2 N–H and O–H groups in total. The van der Waals surface area contributed by atoms with Crippen molar-refractivity contribution in [2.24, 2.45) is 0 Å². The summed E-state index contributed by atoms with van der Waals surface area (Å²) in [6.45, 7) is 0.659. The van der Waals surface area contributed by atoms with E-state index in [4.69, 9.17) is 16.3 Å². The summed E-state index contributed by atoms with van der Waals surface area (Å²) in [6, 6.07) is 6.95. The first kappa shape index (κ1) is 22.0. The number of hydrogen-bond acceptors (Lipinski definition) is 7. The summed E-state index contributed by atoms with van der Waals surface area (Å²) in [7, 11) is -4.11. The van der Waals surface area contributed by atoms with Crippen LogP contribution in [0.2, 0.25) is 5.02 Å². The lowest BCUT2D eigenvalue weighted by molar-refractivity contribution is -0.147. The number of nitrogens with one attached hydrogen (secondary N) is 1. The van der Waals surface area contributed by atoms with E-state index in [-0.39, 0.29) is 4.90 Å². The molecule has 0 aliphatic carbocycles. The molecule has 0 aliphatic rings. The van der Waals surface area contributed by atoms with E-state index in [9.17, 15) is 23.1 Å². The number of thiophene rings is 1. The molecule has 0 fully saturated rings. The summed E-state index contributed by atoms with van der Waals surface area (Å²) >= 11 is 10.1. The lowest BCUT2D eigenvalue weighted by Crippen LogP contribution is -2.48. The molecule has 11 heteroatoms. The number of benzene rings is 1. The van der Waals surface area contributed by atoms with Gasteiger partial charge in [-0.15, -0.1) is 11.3 Å². The van der Waals surface area contributed by atoms with Gasteiger partial charge in [-0.05, 0) is 59.3 Å². The topological polar surface area (TPSA) is 110 Å². The van der Waals surface area contributed by atoms with Crippen molar-refractivity contribution in [1.82, 2.24) is 4.72 Å². The number of Topliss-reactive ketones (excluding diaryl/α,β-unsaturated/α-hetero) is 1. The van der Waals surface area contributed by atoms with Gasteiger partial charge >= 0.3 is 5.97 Å². The zero-order chi connectivity index (χ0) is 20.2. The minimum Gasteiger partial charge on any atom is -0.456 e. The highest BCUT2D eigenvalue weighted by Crippen LogP contribution is 2.22. The fraction of sp³-hybridized carbons (Fsp3) is 0.250. The van der Waals surface area contributed by atoms with E-state index in [0.29, 0.717) is 9.90 Å². The van der Waals surface area contributed by atoms with Gasteiger partial charge in [0, 0.05) is 5.02 Å². The summed E-state index contributed by atoms with van der Waals surface area (Å²) in [5.74, 6) is -1.50. The zero-order valence-corrected chi connectivity index (χ0v) is 17.9. The molecule has 2 rings (SSSR count). The Morgan fingerprint density at radius 1 is 1.26 bits per heavy atom. The monoisotopic (exact) mass is 495 g/mol. The predicted molar refractivity (Wildman–Crippen MR) is 105 cm³/mol. The third-order valence-electron chi connectivity index (χ3n) is 3.34. The van der Waals surface area contributed by atoms with E-state index < -0.39 is 40.5 Å². The Bertz CT molecular complexity index is 927. The van der Waals surface area contributed by atoms with E-state index in [1.54, 1.807) is 12.1 Å². The third-order valence-corrected chi connectivity index (χ3v) is 6.71. The summed E-state index contributed by atoms with van der Waals surface area (Å²) in [5, 5.41) is 10.1. The highest BCUT2D eigenvalue weighted by molar-refractivity contribution is 9.11. The first-order chi connectivity index (χ1) is 12.6. The van der Waals surface area contributed by atoms with Gasteiger partial charge in [0.2, 0.25) is 15.8 Å². The van der Waals surface area contributed by atoms with Gasteiger partial charge in [-0.25, -0.2) is 8.42 Å². The molecule has 7 nitrogen and oxygen atoms in total. The molecular formula is C16H15BrClNO6S2. The van der Waals surface area contributed by atoms with E-state index in [0.717, 1.165) is 3.79 Å². The Morgan fingerprint density at radius 2 is 1.89 bits per heavy atom. The number of sulfonamides is 1. The van der Waals surface area contributed by atoms with E-state index in [1.165, 1.54) is 42.5 Å². The molecule has 0 bridgehead atoms. The molecule has 27 heavy (non-hydrogen) atoms. The standard InChI is InChI=1S/C16H15BrClNO6S2/c1-9(20)15(19-27(23,24)11-4-2-10(18)3-5-11)16(22)25-8-12(21)13-6-7-14(17)26-13/h2-7,9,15,19-20H,8H2,1H3/t9-,15+/m0/s1. The largest absolute Gasteiger partial charge is 0.456 e. The van der Waals surface area contributed by atoms with Crippen LogP contribution in [-0.4, -0.2) is 44.0 Å². The minimum atomic E-state index is -4.11. The molecule has 1 aromatic carbocycles. The van der Waals surface area contributed by atoms with Crippen LogP contribution in [0.4, 0.5) is 0 Å². The maximum atomic E-state index is 12.4. The molecule has 0 saturated heterocycles. The molecule has 2 aromatic rings. The molecule has 0 unspecified atom stereocenters. The molecule has 2 atom stereocenters. The van der Waals surface area contributed by atoms with E-state index in [1.807, 2.05) is 0 Å². The van der Waals surface area contributed by atoms with Gasteiger partial charge in [-0.3, -0.25) is 9.59 Å². The van der Waals surface area contributed by atoms with Crippen LogP contribution in [0.25, 0.3) is 0 Å². The van der Waals surface area contributed by atoms with Gasteiger partial charge in [-0.1, -0.05) is 11.6 Å². The maximum absolute atomic E-state index is 12.4. The van der Waals surface area contributed by atoms with Crippen molar-refractivity contribution in [2.45, 2.75) is 24.0 Å². The maximum Gasteiger partial charge on any atom is 0.327 e.